The molecule has 1 amide bonds. The topological polar surface area (TPSA) is 50.8 Å². The van der Waals surface area contributed by atoms with Gasteiger partial charge in [0.15, 0.2) is 0 Å². The van der Waals surface area contributed by atoms with Gasteiger partial charge in [-0.15, -0.1) is 0 Å². The Morgan fingerprint density at radius 3 is 2.59 bits per heavy atom. The van der Waals surface area contributed by atoms with E-state index in [2.05, 4.69) is 15.0 Å². The highest BCUT2D eigenvalue weighted by Gasteiger charge is 2.15. The monoisotopic (exact) mass is 374 g/mol. The number of para-hydroxylation sites is 3. The zero-order valence-electron chi connectivity index (χ0n) is 14.6. The van der Waals surface area contributed by atoms with Gasteiger partial charge >= 0.3 is 6.61 Å². The van der Waals surface area contributed by atoms with Gasteiger partial charge in [0, 0.05) is 24.7 Å². The van der Waals surface area contributed by atoms with E-state index in [4.69, 9.17) is 4.74 Å². The van der Waals surface area contributed by atoms with Crippen molar-refractivity contribution >= 4 is 23.4 Å². The van der Waals surface area contributed by atoms with Gasteiger partial charge in [0.25, 0.3) is 0 Å². The van der Waals surface area contributed by atoms with E-state index in [1.165, 1.54) is 18.2 Å². The van der Waals surface area contributed by atoms with Crippen molar-refractivity contribution in [2.75, 3.05) is 36.5 Å². The van der Waals surface area contributed by atoms with Crippen molar-refractivity contribution in [3.63, 3.8) is 0 Å². The summed E-state index contributed by atoms with van der Waals surface area (Å²) in [5.41, 5.74) is 2.00. The molecule has 1 fully saturated rings. The van der Waals surface area contributed by atoms with E-state index in [1.807, 2.05) is 24.3 Å². The molecule has 3 rings (SSSR count). The van der Waals surface area contributed by atoms with Crippen LogP contribution in [0.3, 0.4) is 0 Å². The van der Waals surface area contributed by atoms with Crippen LogP contribution < -0.4 is 15.0 Å². The fourth-order valence-corrected chi connectivity index (χ4v) is 2.82. The summed E-state index contributed by atoms with van der Waals surface area (Å²) >= 11 is 0. The van der Waals surface area contributed by atoms with E-state index >= 15 is 0 Å². The molecule has 1 heterocycles. The number of nitrogens with one attached hydrogen (secondary N) is 1. The van der Waals surface area contributed by atoms with E-state index in [9.17, 15) is 13.6 Å². The Morgan fingerprint density at radius 1 is 1.11 bits per heavy atom. The lowest BCUT2D eigenvalue weighted by atomic mass is 10.2. The number of morpholine rings is 1. The number of anilines is 2. The number of halogens is 2. The highest BCUT2D eigenvalue weighted by molar-refractivity contribution is 6.04. The molecule has 0 saturated carbocycles. The third-order valence-electron chi connectivity index (χ3n) is 4.06. The summed E-state index contributed by atoms with van der Waals surface area (Å²) in [6.45, 7) is -0.136. The van der Waals surface area contributed by atoms with Crippen LogP contribution in [-0.4, -0.2) is 38.8 Å². The molecule has 1 aliphatic heterocycles. The van der Waals surface area contributed by atoms with Crippen LogP contribution in [0, 0.1) is 0 Å². The molecule has 27 heavy (non-hydrogen) atoms. The number of benzene rings is 2. The molecule has 0 radical (unpaired) electrons. The van der Waals surface area contributed by atoms with Crippen LogP contribution >= 0.6 is 0 Å². The highest BCUT2D eigenvalue weighted by Crippen LogP contribution is 2.26. The normalized spacial score (nSPS) is 14.6. The first-order valence-corrected chi connectivity index (χ1v) is 8.58. The molecule has 7 heteroatoms. The zero-order valence-corrected chi connectivity index (χ0v) is 14.6. The lowest BCUT2D eigenvalue weighted by Gasteiger charge is -2.30. The molecule has 0 spiro atoms. The Kier molecular flexibility index (Phi) is 6.38. The highest BCUT2D eigenvalue weighted by atomic mass is 19.3. The maximum absolute atomic E-state index is 12.5. The molecule has 1 N–H and O–H groups in total. The molecule has 0 unspecified atom stereocenters. The van der Waals surface area contributed by atoms with Crippen LogP contribution in [0.5, 0.6) is 5.75 Å². The lowest BCUT2D eigenvalue weighted by molar-refractivity contribution is -0.111. The number of ether oxygens (including phenoxy) is 2. The number of amides is 1. The largest absolute Gasteiger partial charge is 0.434 e. The van der Waals surface area contributed by atoms with E-state index in [1.54, 1.807) is 18.2 Å². The summed E-state index contributed by atoms with van der Waals surface area (Å²) in [5.74, 6) is -0.340. The van der Waals surface area contributed by atoms with E-state index in [0.717, 1.165) is 18.8 Å². The van der Waals surface area contributed by atoms with Crippen LogP contribution in [0.4, 0.5) is 20.2 Å². The first kappa shape index (κ1) is 18.8. The first-order valence-electron chi connectivity index (χ1n) is 8.58. The molecule has 5 nitrogen and oxygen atoms in total. The lowest BCUT2D eigenvalue weighted by Crippen LogP contribution is -2.36. The predicted octanol–water partition coefficient (Wildman–Crippen LogP) is 3.78. The van der Waals surface area contributed by atoms with Gasteiger partial charge in [0.2, 0.25) is 5.91 Å². The number of carbonyl (C=O) groups is 1. The molecular formula is C20H20F2N2O3. The number of hydrogen-bond acceptors (Lipinski definition) is 4. The Morgan fingerprint density at radius 2 is 1.81 bits per heavy atom. The number of alkyl halides is 2. The summed E-state index contributed by atoms with van der Waals surface area (Å²) in [6, 6.07) is 13.8. The van der Waals surface area contributed by atoms with Crippen LogP contribution in [0.25, 0.3) is 6.08 Å². The Labute approximate surface area is 156 Å². The van der Waals surface area contributed by atoms with Crippen molar-refractivity contribution in [1.29, 1.82) is 0 Å². The molecule has 2 aromatic rings. The standard InChI is InChI=1S/C20H20F2N2O3/c21-20(22)27-18-8-4-1-5-15(18)9-10-19(25)23-16-6-2-3-7-17(16)24-11-13-26-14-12-24/h1-10,20H,11-14H2,(H,23,25). The first-order chi connectivity index (χ1) is 13.1. The minimum atomic E-state index is -2.92. The molecule has 1 saturated heterocycles. The van der Waals surface area contributed by atoms with Crippen LogP contribution in [0.15, 0.2) is 54.6 Å². The van der Waals surface area contributed by atoms with Crippen molar-refractivity contribution < 1.29 is 23.0 Å². The second kappa shape index (κ2) is 9.14. The minimum absolute atomic E-state index is 0.0188. The van der Waals surface area contributed by atoms with E-state index in [0.29, 0.717) is 24.5 Å². The second-order valence-electron chi connectivity index (χ2n) is 5.86. The maximum atomic E-state index is 12.5. The van der Waals surface area contributed by atoms with Crippen molar-refractivity contribution in [2.24, 2.45) is 0 Å². The molecule has 1 aliphatic rings. The third-order valence-corrected chi connectivity index (χ3v) is 4.06. The van der Waals surface area contributed by atoms with Crippen LogP contribution in [0.1, 0.15) is 5.56 Å². The summed E-state index contributed by atoms with van der Waals surface area (Å²) in [4.78, 5) is 14.5. The van der Waals surface area contributed by atoms with Crippen molar-refractivity contribution in [3.8, 4) is 5.75 Å². The smallest absolute Gasteiger partial charge is 0.387 e. The zero-order chi connectivity index (χ0) is 19.1. The fraction of sp³-hybridized carbons (Fsp3) is 0.250. The average molecular weight is 374 g/mol. The second-order valence-corrected chi connectivity index (χ2v) is 5.86. The van der Waals surface area contributed by atoms with Gasteiger partial charge in [-0.2, -0.15) is 8.78 Å². The van der Waals surface area contributed by atoms with Gasteiger partial charge in [-0.25, -0.2) is 0 Å². The summed E-state index contributed by atoms with van der Waals surface area (Å²) in [5, 5.41) is 2.84. The van der Waals surface area contributed by atoms with Gasteiger partial charge < -0.3 is 19.7 Å². The van der Waals surface area contributed by atoms with Crippen molar-refractivity contribution in [2.45, 2.75) is 6.61 Å². The Balaban J connectivity index is 1.71. The van der Waals surface area contributed by atoms with Gasteiger partial charge in [0.1, 0.15) is 5.75 Å². The van der Waals surface area contributed by atoms with E-state index in [-0.39, 0.29) is 11.7 Å². The van der Waals surface area contributed by atoms with Gasteiger partial charge in [-0.3, -0.25) is 4.79 Å². The van der Waals surface area contributed by atoms with Gasteiger partial charge in [0.05, 0.1) is 24.6 Å². The number of rotatable bonds is 6. The maximum Gasteiger partial charge on any atom is 0.387 e. The summed E-state index contributed by atoms with van der Waals surface area (Å²) < 4.78 is 34.8. The third kappa shape index (κ3) is 5.27. The molecule has 2 aromatic carbocycles. The van der Waals surface area contributed by atoms with Crippen molar-refractivity contribution in [1.82, 2.24) is 0 Å². The Hall–Kier alpha value is -2.93. The fourth-order valence-electron chi connectivity index (χ4n) is 2.82. The number of hydrogen-bond donors (Lipinski definition) is 1. The summed E-state index contributed by atoms with van der Waals surface area (Å²) in [6.07, 6.45) is 2.74. The molecule has 0 aromatic heterocycles. The van der Waals surface area contributed by atoms with Gasteiger partial charge in [-0.1, -0.05) is 30.3 Å². The van der Waals surface area contributed by atoms with Crippen LogP contribution in [0.2, 0.25) is 0 Å². The molecule has 142 valence electrons. The molecule has 0 aliphatic carbocycles. The minimum Gasteiger partial charge on any atom is -0.434 e. The van der Waals surface area contributed by atoms with Crippen molar-refractivity contribution in [3.05, 3.63) is 60.2 Å². The number of nitrogens with zero attached hydrogens (tertiary/aromatic N) is 1. The SMILES string of the molecule is O=C(C=Cc1ccccc1OC(F)F)Nc1ccccc1N1CCOCC1. The number of carbonyl (C=O) groups excluding carboxylic acids is 1. The summed E-state index contributed by atoms with van der Waals surface area (Å²) in [7, 11) is 0. The van der Waals surface area contributed by atoms with Crippen LogP contribution in [-0.2, 0) is 9.53 Å². The van der Waals surface area contributed by atoms with Gasteiger partial charge in [-0.05, 0) is 24.3 Å². The average Bonchev–Trinajstić information content (AvgIpc) is 2.68. The molecular weight excluding hydrogens is 354 g/mol. The van der Waals surface area contributed by atoms with E-state index < -0.39 is 6.61 Å². The quantitative estimate of drug-likeness (QED) is 0.782. The molecule has 0 atom stereocenters. The molecule has 0 bridgehead atoms. The Bertz CT molecular complexity index is 805. The predicted molar refractivity (Wildman–Crippen MR) is 100 cm³/mol.